The maximum Gasteiger partial charge on any atom is 0.340 e. The van der Waals surface area contributed by atoms with Crippen LogP contribution in [0.5, 0.6) is 0 Å². The Balaban J connectivity index is 1.94. The first-order valence-electron chi connectivity index (χ1n) is 8.72. The van der Waals surface area contributed by atoms with Crippen LogP contribution >= 0.6 is 11.6 Å². The second-order valence-corrected chi connectivity index (χ2v) is 8.25. The van der Waals surface area contributed by atoms with E-state index in [1.807, 2.05) is 4.90 Å². The Hall–Kier alpha value is -2.13. The summed E-state index contributed by atoms with van der Waals surface area (Å²) in [5.41, 5.74) is 0.309. The number of ether oxygens (including phenoxy) is 1. The van der Waals surface area contributed by atoms with Crippen molar-refractivity contribution >= 4 is 45.0 Å². The highest BCUT2D eigenvalue weighted by Crippen LogP contribution is 2.38. The molecule has 3 rings (SSSR count). The van der Waals surface area contributed by atoms with E-state index in [2.05, 4.69) is 9.71 Å². The largest absolute Gasteiger partial charge is 0.452 e. The molecule has 146 valence electrons. The van der Waals surface area contributed by atoms with Crippen molar-refractivity contribution < 1.29 is 22.7 Å². The highest BCUT2D eigenvalue weighted by molar-refractivity contribution is 7.90. The summed E-state index contributed by atoms with van der Waals surface area (Å²) in [6.45, 7) is 2.31. The van der Waals surface area contributed by atoms with Crippen molar-refractivity contribution in [2.45, 2.75) is 37.5 Å². The van der Waals surface area contributed by atoms with Crippen LogP contribution in [0.15, 0.2) is 21.4 Å². The lowest BCUT2D eigenvalue weighted by Gasteiger charge is -2.30. The number of esters is 1. The summed E-state index contributed by atoms with van der Waals surface area (Å²) in [7, 11) is -3.94. The van der Waals surface area contributed by atoms with Crippen molar-refractivity contribution in [3.63, 3.8) is 0 Å². The van der Waals surface area contributed by atoms with E-state index in [0.29, 0.717) is 31.0 Å². The van der Waals surface area contributed by atoms with Crippen molar-refractivity contribution in [1.82, 2.24) is 5.32 Å². The number of nitrogens with one attached hydrogen (secondary N) is 1. The molecule has 1 saturated heterocycles. The van der Waals surface area contributed by atoms with E-state index < -0.39 is 28.5 Å². The van der Waals surface area contributed by atoms with Crippen molar-refractivity contribution in [2.75, 3.05) is 24.6 Å². The second-order valence-electron chi connectivity index (χ2n) is 6.27. The highest BCUT2D eigenvalue weighted by Gasteiger charge is 2.33. The van der Waals surface area contributed by atoms with Gasteiger partial charge < -0.3 is 15.0 Å². The van der Waals surface area contributed by atoms with Crippen molar-refractivity contribution in [3.05, 3.63) is 22.7 Å². The van der Waals surface area contributed by atoms with Gasteiger partial charge in [-0.05, 0) is 31.9 Å². The molecule has 2 aliphatic rings. The van der Waals surface area contributed by atoms with Crippen LogP contribution in [0.1, 0.15) is 43.0 Å². The minimum absolute atomic E-state index is 0.0651. The zero-order chi connectivity index (χ0) is 19.6. The van der Waals surface area contributed by atoms with Crippen LogP contribution in [0.25, 0.3) is 0 Å². The van der Waals surface area contributed by atoms with Crippen molar-refractivity contribution in [3.8, 4) is 0 Å². The first-order valence-corrected chi connectivity index (χ1v) is 10.5. The molecule has 0 unspecified atom stereocenters. The molecule has 1 aromatic rings. The smallest absolute Gasteiger partial charge is 0.340 e. The number of carbonyl (C=O) groups excluding carboxylic acids is 2. The predicted octanol–water partition coefficient (Wildman–Crippen LogP) is 2.11. The van der Waals surface area contributed by atoms with Crippen LogP contribution in [0.3, 0.4) is 0 Å². The number of halogens is 1. The molecule has 0 aliphatic carbocycles. The Bertz CT molecular complexity index is 913. The molecule has 1 fully saturated rings. The lowest BCUT2D eigenvalue weighted by molar-refractivity contribution is -0.124. The average molecular weight is 414 g/mol. The Morgan fingerprint density at radius 3 is 2.81 bits per heavy atom. The molecular formula is C17H20ClN3O5S. The Morgan fingerprint density at radius 1 is 1.30 bits per heavy atom. The number of anilines is 1. The molecule has 10 heteroatoms. The summed E-state index contributed by atoms with van der Waals surface area (Å²) >= 11 is 6.23. The minimum Gasteiger partial charge on any atom is -0.452 e. The molecule has 1 amide bonds. The maximum absolute atomic E-state index is 12.6. The summed E-state index contributed by atoms with van der Waals surface area (Å²) in [4.78, 5) is 25.5. The number of amidine groups is 1. The third kappa shape index (κ3) is 4.08. The van der Waals surface area contributed by atoms with Gasteiger partial charge in [-0.3, -0.25) is 4.79 Å². The van der Waals surface area contributed by atoms with Gasteiger partial charge in [-0.2, -0.15) is 8.42 Å². The number of benzene rings is 1. The molecule has 0 bridgehead atoms. The zero-order valence-corrected chi connectivity index (χ0v) is 16.4. The maximum atomic E-state index is 12.6. The molecule has 8 nitrogen and oxygen atoms in total. The number of likely N-dealkylation sites (N-methyl/N-ethyl adjacent to an activating group) is 1. The van der Waals surface area contributed by atoms with E-state index in [1.54, 1.807) is 6.92 Å². The fourth-order valence-electron chi connectivity index (χ4n) is 3.11. The van der Waals surface area contributed by atoms with Gasteiger partial charge in [0.05, 0.1) is 16.3 Å². The van der Waals surface area contributed by atoms with Crippen LogP contribution in [0.2, 0.25) is 5.02 Å². The Kier molecular flexibility index (Phi) is 5.71. The molecule has 0 atom stereocenters. The van der Waals surface area contributed by atoms with Gasteiger partial charge in [-0.15, -0.1) is 4.40 Å². The van der Waals surface area contributed by atoms with Crippen LogP contribution < -0.4 is 10.2 Å². The van der Waals surface area contributed by atoms with Crippen LogP contribution in [0.4, 0.5) is 5.69 Å². The standard InChI is InChI=1S/C17H20ClN3O5S/c1-2-19-16(22)10-26-17(23)11-8-14-13(9-12(11)18)21-7-5-3-4-6-15(21)20-27(14,24)25/h8-9H,2-7,10H2,1H3,(H,19,22). The van der Waals surface area contributed by atoms with Crippen LogP contribution in [-0.2, 0) is 19.6 Å². The summed E-state index contributed by atoms with van der Waals surface area (Å²) in [5, 5.41) is 2.56. The van der Waals surface area contributed by atoms with Gasteiger partial charge in [-0.1, -0.05) is 18.0 Å². The molecule has 27 heavy (non-hydrogen) atoms. The molecule has 0 spiro atoms. The van der Waals surface area contributed by atoms with Gasteiger partial charge in [0.1, 0.15) is 10.7 Å². The molecule has 1 N–H and O–H groups in total. The third-order valence-electron chi connectivity index (χ3n) is 4.36. The SMILES string of the molecule is CCNC(=O)COC(=O)c1cc2c(cc1Cl)N1CCCCCC1=NS2(=O)=O. The number of sulfonamides is 1. The fourth-order valence-corrected chi connectivity index (χ4v) is 4.61. The number of hydrogen-bond donors (Lipinski definition) is 1. The summed E-state index contributed by atoms with van der Waals surface area (Å²) in [6.07, 6.45) is 3.35. The number of nitrogens with zero attached hydrogens (tertiary/aromatic N) is 2. The number of rotatable bonds is 4. The van der Waals surface area contributed by atoms with Gasteiger partial charge in [0.25, 0.3) is 15.9 Å². The number of amides is 1. The quantitative estimate of drug-likeness (QED) is 0.758. The third-order valence-corrected chi connectivity index (χ3v) is 6.01. The van der Waals surface area contributed by atoms with E-state index in [9.17, 15) is 18.0 Å². The fraction of sp³-hybridized carbons (Fsp3) is 0.471. The van der Waals surface area contributed by atoms with Gasteiger partial charge in [0.2, 0.25) is 0 Å². The molecule has 2 aliphatic heterocycles. The number of fused-ring (bicyclic) bond motifs is 3. The molecule has 2 heterocycles. The zero-order valence-electron chi connectivity index (χ0n) is 14.8. The van der Waals surface area contributed by atoms with Crippen molar-refractivity contribution in [1.29, 1.82) is 0 Å². The molecular weight excluding hydrogens is 394 g/mol. The summed E-state index contributed by atoms with van der Waals surface area (Å²) in [6, 6.07) is 2.63. The van der Waals surface area contributed by atoms with E-state index in [1.165, 1.54) is 12.1 Å². The summed E-state index contributed by atoms with van der Waals surface area (Å²) < 4.78 is 34.1. The highest BCUT2D eigenvalue weighted by atomic mass is 35.5. The van der Waals surface area contributed by atoms with E-state index in [4.69, 9.17) is 16.3 Å². The lowest BCUT2D eigenvalue weighted by Crippen LogP contribution is -2.35. The molecule has 0 aromatic heterocycles. The number of hydrogen-bond acceptors (Lipinski definition) is 6. The van der Waals surface area contributed by atoms with E-state index in [0.717, 1.165) is 19.3 Å². The second kappa shape index (κ2) is 7.85. The van der Waals surface area contributed by atoms with Gasteiger partial charge in [-0.25, -0.2) is 4.79 Å². The number of carbonyl (C=O) groups is 2. The average Bonchev–Trinajstić information content (AvgIpc) is 2.84. The summed E-state index contributed by atoms with van der Waals surface area (Å²) in [5.74, 6) is -0.816. The molecule has 1 aromatic carbocycles. The molecule has 0 saturated carbocycles. The Morgan fingerprint density at radius 2 is 2.07 bits per heavy atom. The van der Waals surface area contributed by atoms with E-state index >= 15 is 0 Å². The van der Waals surface area contributed by atoms with Crippen LogP contribution in [-0.4, -0.2) is 45.8 Å². The van der Waals surface area contributed by atoms with Gasteiger partial charge >= 0.3 is 5.97 Å². The normalized spacial score (nSPS) is 17.9. The minimum atomic E-state index is -3.94. The topological polar surface area (TPSA) is 105 Å². The first kappa shape index (κ1) is 19.6. The van der Waals surface area contributed by atoms with Gasteiger partial charge in [0, 0.05) is 19.5 Å². The Labute approximate surface area is 162 Å². The van der Waals surface area contributed by atoms with Crippen LogP contribution in [0, 0.1) is 0 Å². The lowest BCUT2D eigenvalue weighted by atomic mass is 10.1. The van der Waals surface area contributed by atoms with E-state index in [-0.39, 0.29) is 15.5 Å². The van der Waals surface area contributed by atoms with Gasteiger partial charge in [0.15, 0.2) is 6.61 Å². The predicted molar refractivity (Wildman–Crippen MR) is 101 cm³/mol. The molecule has 0 radical (unpaired) electrons. The monoisotopic (exact) mass is 413 g/mol. The van der Waals surface area contributed by atoms with Crippen molar-refractivity contribution in [2.24, 2.45) is 4.40 Å². The first-order chi connectivity index (χ1) is 12.8.